The lowest BCUT2D eigenvalue weighted by atomic mass is 10.1. The molecule has 0 saturated carbocycles. The molecule has 2 atom stereocenters. The molecule has 0 spiro atoms. The number of halogens is 1. The van der Waals surface area contributed by atoms with Crippen molar-refractivity contribution in [3.63, 3.8) is 0 Å². The van der Waals surface area contributed by atoms with Gasteiger partial charge in [0.15, 0.2) is 0 Å². The zero-order valence-electron chi connectivity index (χ0n) is 7.90. The van der Waals surface area contributed by atoms with Gasteiger partial charge in [0.25, 0.3) is 0 Å². The fourth-order valence-corrected chi connectivity index (χ4v) is 1.51. The second-order valence-corrected chi connectivity index (χ2v) is 3.46. The number of amides is 1. The third-order valence-corrected chi connectivity index (χ3v) is 2.32. The fraction of sp³-hybridized carbons (Fsp3) is 0.875. The number of hydrogen-bond donors (Lipinski definition) is 2. The lowest BCUT2D eigenvalue weighted by Gasteiger charge is -2.18. The summed E-state index contributed by atoms with van der Waals surface area (Å²) in [6.45, 7) is 4.00. The molecule has 4 N–H and O–H groups in total. The van der Waals surface area contributed by atoms with Crippen molar-refractivity contribution >= 4 is 18.3 Å². The summed E-state index contributed by atoms with van der Waals surface area (Å²) in [4.78, 5) is 13.2. The van der Waals surface area contributed by atoms with Crippen molar-refractivity contribution in [2.24, 2.45) is 17.4 Å². The minimum absolute atomic E-state index is 0. The average molecular weight is 208 g/mol. The van der Waals surface area contributed by atoms with Gasteiger partial charge >= 0.3 is 0 Å². The highest BCUT2D eigenvalue weighted by molar-refractivity contribution is 5.85. The van der Waals surface area contributed by atoms with Crippen LogP contribution in [-0.4, -0.2) is 36.5 Å². The van der Waals surface area contributed by atoms with Crippen LogP contribution in [0.2, 0.25) is 0 Å². The van der Waals surface area contributed by atoms with Gasteiger partial charge in [0.2, 0.25) is 5.91 Å². The molecule has 2 unspecified atom stereocenters. The van der Waals surface area contributed by atoms with Crippen molar-refractivity contribution < 1.29 is 4.79 Å². The second-order valence-electron chi connectivity index (χ2n) is 3.46. The molecular weight excluding hydrogens is 190 g/mol. The number of carbonyl (C=O) groups excluding carboxylic acids is 1. The van der Waals surface area contributed by atoms with Crippen LogP contribution in [0.15, 0.2) is 0 Å². The fourth-order valence-electron chi connectivity index (χ4n) is 1.51. The van der Waals surface area contributed by atoms with E-state index in [0.717, 1.165) is 19.5 Å². The van der Waals surface area contributed by atoms with Gasteiger partial charge in [-0.15, -0.1) is 12.4 Å². The topological polar surface area (TPSA) is 72.4 Å². The van der Waals surface area contributed by atoms with Gasteiger partial charge in [0, 0.05) is 13.1 Å². The molecule has 0 aliphatic carbocycles. The molecule has 1 heterocycles. The van der Waals surface area contributed by atoms with Crippen molar-refractivity contribution in [3.8, 4) is 0 Å². The Morgan fingerprint density at radius 3 is 2.69 bits per heavy atom. The first-order valence-electron chi connectivity index (χ1n) is 4.39. The van der Waals surface area contributed by atoms with Gasteiger partial charge in [-0.05, 0) is 25.8 Å². The minimum Gasteiger partial charge on any atom is -0.341 e. The third-order valence-electron chi connectivity index (χ3n) is 2.32. The van der Waals surface area contributed by atoms with E-state index >= 15 is 0 Å². The van der Waals surface area contributed by atoms with E-state index in [9.17, 15) is 4.79 Å². The zero-order chi connectivity index (χ0) is 9.14. The normalized spacial score (nSPS) is 23.9. The molecule has 1 saturated heterocycles. The lowest BCUT2D eigenvalue weighted by molar-refractivity contribution is -0.131. The van der Waals surface area contributed by atoms with E-state index in [1.165, 1.54) is 0 Å². The molecule has 78 valence electrons. The standard InChI is InChI=1S/C8H17N3O.ClH/c1-6(10)8(12)11-3-2-7(4-9)5-11;/h6-7H,2-5,9-10H2,1H3;1H. The summed E-state index contributed by atoms with van der Waals surface area (Å²) in [5.41, 5.74) is 11.0. The number of hydrogen-bond acceptors (Lipinski definition) is 3. The monoisotopic (exact) mass is 207 g/mol. The SMILES string of the molecule is CC(N)C(=O)N1CCC(CN)C1.Cl. The van der Waals surface area contributed by atoms with E-state index in [4.69, 9.17) is 11.5 Å². The molecule has 13 heavy (non-hydrogen) atoms. The van der Waals surface area contributed by atoms with Crippen LogP contribution in [0.4, 0.5) is 0 Å². The Hall–Kier alpha value is -0.320. The van der Waals surface area contributed by atoms with Crippen molar-refractivity contribution in [2.45, 2.75) is 19.4 Å². The predicted molar refractivity (Wildman–Crippen MR) is 54.6 cm³/mol. The van der Waals surface area contributed by atoms with E-state index in [0.29, 0.717) is 12.5 Å². The van der Waals surface area contributed by atoms with Gasteiger partial charge in [0.1, 0.15) is 0 Å². The Bertz CT molecular complexity index is 175. The molecule has 0 radical (unpaired) electrons. The highest BCUT2D eigenvalue weighted by atomic mass is 35.5. The Morgan fingerprint density at radius 1 is 1.69 bits per heavy atom. The average Bonchev–Trinajstić information content (AvgIpc) is 2.50. The van der Waals surface area contributed by atoms with Gasteiger partial charge in [-0.25, -0.2) is 0 Å². The highest BCUT2D eigenvalue weighted by Crippen LogP contribution is 2.14. The van der Waals surface area contributed by atoms with Crippen LogP contribution in [0.5, 0.6) is 0 Å². The molecule has 0 bridgehead atoms. The number of rotatable bonds is 2. The summed E-state index contributed by atoms with van der Waals surface area (Å²) in [7, 11) is 0. The summed E-state index contributed by atoms with van der Waals surface area (Å²) in [5, 5.41) is 0. The van der Waals surface area contributed by atoms with E-state index < -0.39 is 0 Å². The summed E-state index contributed by atoms with van der Waals surface area (Å²) in [5.74, 6) is 0.527. The predicted octanol–water partition coefficient (Wildman–Crippen LogP) is -0.437. The molecule has 1 rings (SSSR count). The maximum atomic E-state index is 11.4. The van der Waals surface area contributed by atoms with Crippen LogP contribution >= 0.6 is 12.4 Å². The first kappa shape index (κ1) is 12.7. The highest BCUT2D eigenvalue weighted by Gasteiger charge is 2.26. The first-order valence-corrected chi connectivity index (χ1v) is 4.39. The van der Waals surface area contributed by atoms with Crippen molar-refractivity contribution in [3.05, 3.63) is 0 Å². The van der Waals surface area contributed by atoms with Crippen LogP contribution < -0.4 is 11.5 Å². The Balaban J connectivity index is 0.00000144. The van der Waals surface area contributed by atoms with Gasteiger partial charge in [-0.2, -0.15) is 0 Å². The molecule has 1 aliphatic rings. The van der Waals surface area contributed by atoms with Crippen LogP contribution in [0.25, 0.3) is 0 Å². The van der Waals surface area contributed by atoms with E-state index in [1.807, 2.05) is 4.90 Å². The molecule has 0 aromatic heterocycles. The number of likely N-dealkylation sites (tertiary alicyclic amines) is 1. The largest absolute Gasteiger partial charge is 0.341 e. The van der Waals surface area contributed by atoms with E-state index in [-0.39, 0.29) is 24.4 Å². The molecular formula is C8H18ClN3O. The van der Waals surface area contributed by atoms with Crippen molar-refractivity contribution in [1.82, 2.24) is 4.90 Å². The van der Waals surface area contributed by atoms with E-state index in [2.05, 4.69) is 0 Å². The molecule has 0 aromatic rings. The Morgan fingerprint density at radius 2 is 2.31 bits per heavy atom. The number of nitrogens with two attached hydrogens (primary N) is 2. The molecule has 0 aromatic carbocycles. The van der Waals surface area contributed by atoms with E-state index in [1.54, 1.807) is 6.92 Å². The molecule has 5 heteroatoms. The Kier molecular flexibility index (Phi) is 5.29. The van der Waals surface area contributed by atoms with Crippen molar-refractivity contribution in [2.75, 3.05) is 19.6 Å². The van der Waals surface area contributed by atoms with Gasteiger partial charge in [-0.1, -0.05) is 0 Å². The number of nitrogens with zero attached hydrogens (tertiary/aromatic N) is 1. The quantitative estimate of drug-likeness (QED) is 0.645. The summed E-state index contributed by atoms with van der Waals surface area (Å²) in [6, 6.07) is -0.374. The van der Waals surface area contributed by atoms with Gasteiger partial charge in [-0.3, -0.25) is 4.79 Å². The molecule has 1 fully saturated rings. The maximum Gasteiger partial charge on any atom is 0.239 e. The van der Waals surface area contributed by atoms with Crippen LogP contribution in [0, 0.1) is 5.92 Å². The third kappa shape index (κ3) is 3.14. The molecule has 1 aliphatic heterocycles. The van der Waals surface area contributed by atoms with Crippen molar-refractivity contribution in [1.29, 1.82) is 0 Å². The van der Waals surface area contributed by atoms with Crippen LogP contribution in [-0.2, 0) is 4.79 Å². The molecule has 4 nitrogen and oxygen atoms in total. The van der Waals surface area contributed by atoms with Crippen LogP contribution in [0.3, 0.4) is 0 Å². The van der Waals surface area contributed by atoms with Gasteiger partial charge in [0.05, 0.1) is 6.04 Å². The smallest absolute Gasteiger partial charge is 0.239 e. The number of carbonyl (C=O) groups is 1. The maximum absolute atomic E-state index is 11.4. The molecule has 1 amide bonds. The summed E-state index contributed by atoms with van der Waals surface area (Å²) < 4.78 is 0. The zero-order valence-corrected chi connectivity index (χ0v) is 8.72. The first-order chi connectivity index (χ1) is 5.65. The summed E-state index contributed by atoms with van der Waals surface area (Å²) >= 11 is 0. The van der Waals surface area contributed by atoms with Gasteiger partial charge < -0.3 is 16.4 Å². The summed E-state index contributed by atoms with van der Waals surface area (Å²) in [6.07, 6.45) is 1.02. The lowest BCUT2D eigenvalue weighted by Crippen LogP contribution is -2.41. The Labute approximate surface area is 85.0 Å². The second kappa shape index (κ2) is 5.42. The van der Waals surface area contributed by atoms with Crippen LogP contribution in [0.1, 0.15) is 13.3 Å². The minimum atomic E-state index is -0.374.